The first-order valence-electron chi connectivity index (χ1n) is 8.34. The number of methoxy groups -OCH3 is 1. The molecule has 25 heavy (non-hydrogen) atoms. The van der Waals surface area contributed by atoms with Gasteiger partial charge in [0.25, 0.3) is 5.91 Å². The smallest absolute Gasteiger partial charge is 0.263 e. The lowest BCUT2D eigenvalue weighted by atomic mass is 9.93. The van der Waals surface area contributed by atoms with Crippen molar-refractivity contribution < 1.29 is 9.53 Å². The van der Waals surface area contributed by atoms with E-state index in [1.54, 1.807) is 24.2 Å². The molecule has 1 atom stereocenters. The predicted molar refractivity (Wildman–Crippen MR) is 96.0 cm³/mol. The van der Waals surface area contributed by atoms with Crippen LogP contribution in [0.4, 0.5) is 5.69 Å². The third kappa shape index (κ3) is 2.45. The van der Waals surface area contributed by atoms with Crippen molar-refractivity contribution in [3.63, 3.8) is 0 Å². The zero-order valence-corrected chi connectivity index (χ0v) is 14.6. The molecule has 1 amide bonds. The number of pyridine rings is 1. The molecule has 0 spiro atoms. The van der Waals surface area contributed by atoms with Gasteiger partial charge in [-0.05, 0) is 24.0 Å². The first-order valence-corrected chi connectivity index (χ1v) is 8.34. The Hall–Kier alpha value is -2.89. The summed E-state index contributed by atoms with van der Waals surface area (Å²) in [5.41, 5.74) is 3.33. The van der Waals surface area contributed by atoms with Crippen LogP contribution in [0.2, 0.25) is 0 Å². The maximum atomic E-state index is 13.3. The molecule has 0 saturated carbocycles. The fourth-order valence-corrected chi connectivity index (χ4v) is 3.58. The number of carbonyl (C=O) groups is 1. The van der Waals surface area contributed by atoms with Crippen LogP contribution in [0.1, 0.15) is 22.8 Å². The molecule has 128 valence electrons. The fourth-order valence-electron chi connectivity index (χ4n) is 3.58. The molecule has 0 saturated heterocycles. The van der Waals surface area contributed by atoms with Crippen molar-refractivity contribution in [1.29, 1.82) is 0 Å². The second kappa shape index (κ2) is 5.88. The molecule has 0 unspecified atom stereocenters. The summed E-state index contributed by atoms with van der Waals surface area (Å²) in [5, 5.41) is 4.96. The molecule has 1 aliphatic rings. The Bertz CT molecular complexity index is 963. The molecule has 1 aliphatic heterocycles. The monoisotopic (exact) mass is 336 g/mol. The number of rotatable bonds is 2. The Morgan fingerprint density at radius 2 is 2.08 bits per heavy atom. The van der Waals surface area contributed by atoms with Crippen molar-refractivity contribution in [3.8, 4) is 5.75 Å². The van der Waals surface area contributed by atoms with Crippen molar-refractivity contribution in [2.45, 2.75) is 13.3 Å². The van der Waals surface area contributed by atoms with E-state index in [1.165, 1.54) is 5.56 Å². The van der Waals surface area contributed by atoms with E-state index < -0.39 is 0 Å². The van der Waals surface area contributed by atoms with E-state index in [-0.39, 0.29) is 5.91 Å². The van der Waals surface area contributed by atoms with E-state index in [2.05, 4.69) is 23.1 Å². The molecule has 3 aromatic rings. The van der Waals surface area contributed by atoms with Crippen LogP contribution in [0.5, 0.6) is 5.75 Å². The van der Waals surface area contributed by atoms with Crippen LogP contribution >= 0.6 is 0 Å². The van der Waals surface area contributed by atoms with Gasteiger partial charge in [-0.2, -0.15) is 5.10 Å². The summed E-state index contributed by atoms with van der Waals surface area (Å²) >= 11 is 0. The molecule has 0 radical (unpaired) electrons. The molecular formula is C19H20N4O2. The van der Waals surface area contributed by atoms with E-state index in [4.69, 9.17) is 4.74 Å². The highest BCUT2D eigenvalue weighted by Crippen LogP contribution is 2.34. The maximum Gasteiger partial charge on any atom is 0.263 e. The van der Waals surface area contributed by atoms with Crippen LogP contribution in [-0.4, -0.2) is 34.3 Å². The Labute approximate surface area is 146 Å². The molecule has 0 bridgehead atoms. The van der Waals surface area contributed by atoms with Crippen molar-refractivity contribution in [3.05, 3.63) is 47.8 Å². The number of aryl methyl sites for hydroxylation is 1. The van der Waals surface area contributed by atoms with E-state index in [0.29, 0.717) is 29.4 Å². The van der Waals surface area contributed by atoms with Gasteiger partial charge >= 0.3 is 0 Å². The summed E-state index contributed by atoms with van der Waals surface area (Å²) in [6, 6.07) is 8.07. The van der Waals surface area contributed by atoms with Crippen LogP contribution in [0.15, 0.2) is 36.7 Å². The van der Waals surface area contributed by atoms with Gasteiger partial charge in [0.05, 0.1) is 18.7 Å². The van der Waals surface area contributed by atoms with Gasteiger partial charge in [-0.15, -0.1) is 0 Å². The van der Waals surface area contributed by atoms with Gasteiger partial charge < -0.3 is 9.64 Å². The minimum atomic E-state index is -0.0888. The number of benzene rings is 1. The highest BCUT2D eigenvalue weighted by atomic mass is 16.5. The summed E-state index contributed by atoms with van der Waals surface area (Å²) in [6.07, 6.45) is 4.26. The Morgan fingerprint density at radius 3 is 2.88 bits per heavy atom. The average molecular weight is 336 g/mol. The molecule has 3 heterocycles. The molecule has 1 aromatic carbocycles. The molecule has 6 heteroatoms. The normalized spacial score (nSPS) is 16.8. The standard InChI is InChI=1S/C19H20N4O2/c1-12-8-13-6-4-5-7-16(13)23(11-12)19(24)15-9-20-18-14(17(15)25-3)10-21-22(18)2/h4-7,9-10,12H,8,11H2,1-3H3/t12-/m1/s1. The molecule has 0 N–H and O–H groups in total. The van der Waals surface area contributed by atoms with Gasteiger partial charge in [0.15, 0.2) is 5.65 Å². The van der Waals surface area contributed by atoms with Crippen LogP contribution in [0, 0.1) is 5.92 Å². The molecule has 0 fully saturated rings. The van der Waals surface area contributed by atoms with Crippen molar-refractivity contribution in [2.24, 2.45) is 13.0 Å². The Kier molecular flexibility index (Phi) is 3.67. The van der Waals surface area contributed by atoms with Gasteiger partial charge in [-0.1, -0.05) is 25.1 Å². The number of carbonyl (C=O) groups excluding carboxylic acids is 1. The topological polar surface area (TPSA) is 60.2 Å². The number of amides is 1. The third-order valence-corrected chi connectivity index (χ3v) is 4.74. The molecule has 2 aromatic heterocycles. The number of aromatic nitrogens is 3. The lowest BCUT2D eigenvalue weighted by molar-refractivity contribution is 0.0978. The first-order chi connectivity index (χ1) is 12.1. The average Bonchev–Trinajstić information content (AvgIpc) is 3.00. The number of nitrogens with zero attached hydrogens (tertiary/aromatic N) is 4. The van der Waals surface area contributed by atoms with Gasteiger partial charge in [-0.3, -0.25) is 9.48 Å². The predicted octanol–water partition coefficient (Wildman–Crippen LogP) is 2.82. The van der Waals surface area contributed by atoms with Crippen LogP contribution in [-0.2, 0) is 13.5 Å². The van der Waals surface area contributed by atoms with Gasteiger partial charge in [0.2, 0.25) is 0 Å². The fraction of sp³-hybridized carbons (Fsp3) is 0.316. The highest BCUT2D eigenvalue weighted by Gasteiger charge is 2.29. The van der Waals surface area contributed by atoms with Crippen LogP contribution in [0.25, 0.3) is 11.0 Å². The van der Waals surface area contributed by atoms with Crippen LogP contribution in [0.3, 0.4) is 0 Å². The van der Waals surface area contributed by atoms with E-state index >= 15 is 0 Å². The zero-order chi connectivity index (χ0) is 17.6. The van der Waals surface area contributed by atoms with Crippen molar-refractivity contribution in [1.82, 2.24) is 14.8 Å². The van der Waals surface area contributed by atoms with E-state index in [9.17, 15) is 4.79 Å². The second-order valence-electron chi connectivity index (χ2n) is 6.56. The number of hydrogen-bond acceptors (Lipinski definition) is 4. The number of hydrogen-bond donors (Lipinski definition) is 0. The van der Waals surface area contributed by atoms with Gasteiger partial charge in [0, 0.05) is 25.5 Å². The van der Waals surface area contributed by atoms with Gasteiger partial charge in [0.1, 0.15) is 11.3 Å². The summed E-state index contributed by atoms with van der Waals surface area (Å²) < 4.78 is 7.23. The summed E-state index contributed by atoms with van der Waals surface area (Å²) in [7, 11) is 3.39. The molecule has 6 nitrogen and oxygen atoms in total. The third-order valence-electron chi connectivity index (χ3n) is 4.74. The second-order valence-corrected chi connectivity index (χ2v) is 6.56. The maximum absolute atomic E-state index is 13.3. The Balaban J connectivity index is 1.83. The first kappa shape index (κ1) is 15.6. The minimum absolute atomic E-state index is 0.0888. The largest absolute Gasteiger partial charge is 0.495 e. The van der Waals surface area contributed by atoms with Crippen molar-refractivity contribution >= 4 is 22.6 Å². The molecule has 4 rings (SSSR count). The van der Waals surface area contributed by atoms with Crippen molar-refractivity contribution in [2.75, 3.05) is 18.6 Å². The lowest BCUT2D eigenvalue weighted by Gasteiger charge is -2.33. The number of anilines is 1. The molecular weight excluding hydrogens is 316 g/mol. The van der Waals surface area contributed by atoms with Gasteiger partial charge in [-0.25, -0.2) is 4.98 Å². The summed E-state index contributed by atoms with van der Waals surface area (Å²) in [6.45, 7) is 2.85. The summed E-state index contributed by atoms with van der Waals surface area (Å²) in [5.74, 6) is 0.841. The number of fused-ring (bicyclic) bond motifs is 2. The SMILES string of the molecule is COc1c(C(=O)N2C[C@H](C)Cc3ccccc32)cnc2c1cnn2C. The highest BCUT2D eigenvalue weighted by molar-refractivity contribution is 6.10. The quantitative estimate of drug-likeness (QED) is 0.722. The Morgan fingerprint density at radius 1 is 1.28 bits per heavy atom. The zero-order valence-electron chi connectivity index (χ0n) is 14.6. The summed E-state index contributed by atoms with van der Waals surface area (Å²) in [4.78, 5) is 19.6. The van der Waals surface area contributed by atoms with E-state index in [1.807, 2.05) is 30.1 Å². The van der Waals surface area contributed by atoms with Crippen LogP contribution < -0.4 is 9.64 Å². The number of para-hydroxylation sites is 1. The lowest BCUT2D eigenvalue weighted by Crippen LogP contribution is -2.39. The minimum Gasteiger partial charge on any atom is -0.495 e. The van der Waals surface area contributed by atoms with E-state index in [0.717, 1.165) is 17.5 Å². The molecule has 0 aliphatic carbocycles. The number of ether oxygens (including phenoxy) is 1.